The molecule has 2 rings (SSSR count). The Labute approximate surface area is 121 Å². The van der Waals surface area contributed by atoms with Crippen molar-refractivity contribution in [3.05, 3.63) is 60.2 Å². The summed E-state index contributed by atoms with van der Waals surface area (Å²) in [7, 11) is 0. The Bertz CT molecular complexity index is 599. The number of hydrogen-bond donors (Lipinski definition) is 2. The number of amides is 1. The zero-order chi connectivity index (χ0) is 14.9. The van der Waals surface area contributed by atoms with E-state index in [1.807, 2.05) is 0 Å². The lowest BCUT2D eigenvalue weighted by Gasteiger charge is -2.04. The summed E-state index contributed by atoms with van der Waals surface area (Å²) >= 11 is 0. The maximum absolute atomic E-state index is 12.7. The molecule has 0 spiro atoms. The largest absolute Gasteiger partial charge is 0.352 e. The SMILES string of the molecule is O=C(C=Cc1ccc(F)cc1)NCCNc1ncccn1. The third-order valence-electron chi connectivity index (χ3n) is 2.57. The molecule has 0 atom stereocenters. The summed E-state index contributed by atoms with van der Waals surface area (Å²) in [4.78, 5) is 19.6. The molecule has 108 valence electrons. The molecule has 6 heteroatoms. The Balaban J connectivity index is 1.69. The van der Waals surface area contributed by atoms with Crippen molar-refractivity contribution in [3.8, 4) is 0 Å². The molecule has 21 heavy (non-hydrogen) atoms. The minimum Gasteiger partial charge on any atom is -0.352 e. The number of rotatable bonds is 6. The van der Waals surface area contributed by atoms with Gasteiger partial charge in [-0.1, -0.05) is 12.1 Å². The van der Waals surface area contributed by atoms with E-state index in [1.165, 1.54) is 18.2 Å². The van der Waals surface area contributed by atoms with Crippen molar-refractivity contribution in [1.82, 2.24) is 15.3 Å². The molecule has 2 aromatic rings. The monoisotopic (exact) mass is 286 g/mol. The van der Waals surface area contributed by atoms with E-state index in [4.69, 9.17) is 0 Å². The van der Waals surface area contributed by atoms with Crippen LogP contribution < -0.4 is 10.6 Å². The van der Waals surface area contributed by atoms with Gasteiger partial charge in [0.2, 0.25) is 11.9 Å². The van der Waals surface area contributed by atoms with Crippen LogP contribution in [0.1, 0.15) is 5.56 Å². The van der Waals surface area contributed by atoms with Crippen molar-refractivity contribution in [2.24, 2.45) is 0 Å². The van der Waals surface area contributed by atoms with Gasteiger partial charge in [-0.15, -0.1) is 0 Å². The van der Waals surface area contributed by atoms with Gasteiger partial charge in [-0.2, -0.15) is 0 Å². The fourth-order valence-electron chi connectivity index (χ4n) is 1.56. The summed E-state index contributed by atoms with van der Waals surface area (Å²) < 4.78 is 12.7. The minimum absolute atomic E-state index is 0.213. The molecule has 0 aliphatic rings. The maximum atomic E-state index is 12.7. The fourth-order valence-corrected chi connectivity index (χ4v) is 1.56. The van der Waals surface area contributed by atoms with Crippen LogP contribution in [-0.2, 0) is 4.79 Å². The van der Waals surface area contributed by atoms with E-state index in [9.17, 15) is 9.18 Å². The van der Waals surface area contributed by atoms with Crippen LogP contribution in [0.25, 0.3) is 6.08 Å². The number of nitrogens with zero attached hydrogens (tertiary/aromatic N) is 2. The normalized spacial score (nSPS) is 10.5. The van der Waals surface area contributed by atoms with Crippen LogP contribution in [-0.4, -0.2) is 29.0 Å². The Morgan fingerprint density at radius 3 is 2.57 bits per heavy atom. The van der Waals surface area contributed by atoms with E-state index in [0.29, 0.717) is 19.0 Å². The summed E-state index contributed by atoms with van der Waals surface area (Å²) in [6, 6.07) is 7.64. The molecule has 1 heterocycles. The molecule has 1 aromatic heterocycles. The van der Waals surface area contributed by atoms with Gasteiger partial charge in [-0.25, -0.2) is 14.4 Å². The second-order valence-corrected chi connectivity index (χ2v) is 4.18. The van der Waals surface area contributed by atoms with Crippen LogP contribution in [0.4, 0.5) is 10.3 Å². The van der Waals surface area contributed by atoms with Gasteiger partial charge in [0.15, 0.2) is 0 Å². The predicted molar refractivity (Wildman–Crippen MR) is 79.0 cm³/mol. The number of nitrogens with one attached hydrogen (secondary N) is 2. The van der Waals surface area contributed by atoms with E-state index < -0.39 is 0 Å². The quantitative estimate of drug-likeness (QED) is 0.628. The first-order valence-corrected chi connectivity index (χ1v) is 6.46. The molecule has 2 N–H and O–H groups in total. The molecule has 0 aliphatic carbocycles. The third-order valence-corrected chi connectivity index (χ3v) is 2.57. The highest BCUT2D eigenvalue weighted by molar-refractivity contribution is 5.91. The van der Waals surface area contributed by atoms with Crippen molar-refractivity contribution >= 4 is 17.9 Å². The molecule has 0 saturated carbocycles. The zero-order valence-corrected chi connectivity index (χ0v) is 11.3. The van der Waals surface area contributed by atoms with Crippen molar-refractivity contribution < 1.29 is 9.18 Å². The minimum atomic E-state index is -0.300. The number of carbonyl (C=O) groups is 1. The molecule has 0 radical (unpaired) electrons. The average Bonchev–Trinajstić information content (AvgIpc) is 2.52. The van der Waals surface area contributed by atoms with Gasteiger partial charge >= 0.3 is 0 Å². The Morgan fingerprint density at radius 2 is 1.86 bits per heavy atom. The van der Waals surface area contributed by atoms with Gasteiger partial charge in [0, 0.05) is 31.6 Å². The van der Waals surface area contributed by atoms with Crippen molar-refractivity contribution in [2.45, 2.75) is 0 Å². The summed E-state index contributed by atoms with van der Waals surface area (Å²) in [5.74, 6) is 0.00881. The number of hydrogen-bond acceptors (Lipinski definition) is 4. The molecule has 0 saturated heterocycles. The van der Waals surface area contributed by atoms with Crippen LogP contribution in [0.5, 0.6) is 0 Å². The molecular formula is C15H15FN4O. The summed E-state index contributed by atoms with van der Waals surface area (Å²) in [6.07, 6.45) is 6.31. The fraction of sp³-hybridized carbons (Fsp3) is 0.133. The molecule has 0 bridgehead atoms. The van der Waals surface area contributed by atoms with E-state index in [-0.39, 0.29) is 11.7 Å². The third kappa shape index (κ3) is 5.40. The smallest absolute Gasteiger partial charge is 0.244 e. The number of benzene rings is 1. The first kappa shape index (κ1) is 14.6. The highest BCUT2D eigenvalue weighted by atomic mass is 19.1. The molecule has 1 amide bonds. The lowest BCUT2D eigenvalue weighted by Crippen LogP contribution is -2.27. The predicted octanol–water partition coefficient (Wildman–Crippen LogP) is 1.86. The highest BCUT2D eigenvalue weighted by Crippen LogP contribution is 2.04. The average molecular weight is 286 g/mol. The molecule has 0 fully saturated rings. The standard InChI is InChI=1S/C15H15FN4O/c16-13-5-2-12(3-6-13)4-7-14(21)17-10-11-20-15-18-8-1-9-19-15/h1-9H,10-11H2,(H,17,21)(H,18,19,20). The van der Waals surface area contributed by atoms with Gasteiger partial charge in [0.1, 0.15) is 5.82 Å². The van der Waals surface area contributed by atoms with Gasteiger partial charge in [-0.05, 0) is 29.8 Å². The number of halogens is 1. The second kappa shape index (κ2) is 7.74. The Kier molecular flexibility index (Phi) is 5.40. The van der Waals surface area contributed by atoms with Crippen molar-refractivity contribution in [3.63, 3.8) is 0 Å². The Hall–Kier alpha value is -2.76. The van der Waals surface area contributed by atoms with E-state index >= 15 is 0 Å². The first-order chi connectivity index (χ1) is 10.2. The zero-order valence-electron chi connectivity index (χ0n) is 11.3. The van der Waals surface area contributed by atoms with E-state index in [1.54, 1.807) is 36.7 Å². The molecular weight excluding hydrogens is 271 g/mol. The maximum Gasteiger partial charge on any atom is 0.244 e. The highest BCUT2D eigenvalue weighted by Gasteiger charge is 1.96. The second-order valence-electron chi connectivity index (χ2n) is 4.18. The van der Waals surface area contributed by atoms with Crippen LogP contribution in [0.3, 0.4) is 0 Å². The molecule has 5 nitrogen and oxygen atoms in total. The summed E-state index contributed by atoms with van der Waals surface area (Å²) in [5.41, 5.74) is 0.766. The lowest BCUT2D eigenvalue weighted by molar-refractivity contribution is -0.116. The number of carbonyl (C=O) groups excluding carboxylic acids is 1. The van der Waals surface area contributed by atoms with Gasteiger partial charge in [-0.3, -0.25) is 4.79 Å². The van der Waals surface area contributed by atoms with Crippen molar-refractivity contribution in [1.29, 1.82) is 0 Å². The van der Waals surface area contributed by atoms with Gasteiger partial charge in [0.25, 0.3) is 0 Å². The molecule has 0 unspecified atom stereocenters. The molecule has 1 aromatic carbocycles. The van der Waals surface area contributed by atoms with E-state index in [2.05, 4.69) is 20.6 Å². The van der Waals surface area contributed by atoms with E-state index in [0.717, 1.165) is 5.56 Å². The van der Waals surface area contributed by atoms with Crippen LogP contribution >= 0.6 is 0 Å². The Morgan fingerprint density at radius 1 is 1.14 bits per heavy atom. The van der Waals surface area contributed by atoms with Gasteiger partial charge < -0.3 is 10.6 Å². The topological polar surface area (TPSA) is 66.9 Å². The van der Waals surface area contributed by atoms with Crippen LogP contribution in [0, 0.1) is 5.82 Å². The molecule has 0 aliphatic heterocycles. The van der Waals surface area contributed by atoms with Crippen LogP contribution in [0.15, 0.2) is 48.8 Å². The number of anilines is 1. The summed E-state index contributed by atoms with van der Waals surface area (Å²) in [6.45, 7) is 0.977. The summed E-state index contributed by atoms with van der Waals surface area (Å²) in [5, 5.41) is 5.69. The first-order valence-electron chi connectivity index (χ1n) is 6.46. The van der Waals surface area contributed by atoms with Crippen molar-refractivity contribution in [2.75, 3.05) is 18.4 Å². The number of aromatic nitrogens is 2. The lowest BCUT2D eigenvalue weighted by atomic mass is 10.2. The van der Waals surface area contributed by atoms with Crippen LogP contribution in [0.2, 0.25) is 0 Å². The van der Waals surface area contributed by atoms with Gasteiger partial charge in [0.05, 0.1) is 0 Å².